The molecule has 0 fully saturated rings. The number of hydrogen-bond donors (Lipinski definition) is 3. The molecule has 0 aliphatic rings. The van der Waals surface area contributed by atoms with Crippen LogP contribution >= 0.6 is 0 Å². The summed E-state index contributed by atoms with van der Waals surface area (Å²) in [5, 5.41) is 14.2. The lowest BCUT2D eigenvalue weighted by Crippen LogP contribution is -2.28. The SMILES string of the molecule is O=C(O)Cc1ccccc1CNC(=O)Nc1cccnc1. The van der Waals surface area contributed by atoms with Crippen LogP contribution in [0, 0.1) is 0 Å². The first-order chi connectivity index (χ1) is 10.1. The fraction of sp³-hybridized carbons (Fsp3) is 0.133. The Labute approximate surface area is 121 Å². The fourth-order valence-corrected chi connectivity index (χ4v) is 1.85. The molecule has 0 bridgehead atoms. The van der Waals surface area contributed by atoms with Crippen LogP contribution < -0.4 is 10.6 Å². The molecule has 1 aromatic carbocycles. The van der Waals surface area contributed by atoms with E-state index in [0.717, 1.165) is 5.56 Å². The van der Waals surface area contributed by atoms with E-state index >= 15 is 0 Å². The zero-order valence-electron chi connectivity index (χ0n) is 11.2. The number of anilines is 1. The zero-order valence-corrected chi connectivity index (χ0v) is 11.2. The lowest BCUT2D eigenvalue weighted by molar-refractivity contribution is -0.136. The van der Waals surface area contributed by atoms with Gasteiger partial charge in [0.1, 0.15) is 0 Å². The van der Waals surface area contributed by atoms with Crippen molar-refractivity contribution in [3.63, 3.8) is 0 Å². The summed E-state index contributed by atoms with van der Waals surface area (Å²) in [4.78, 5) is 26.4. The number of nitrogens with zero attached hydrogens (tertiary/aromatic N) is 1. The number of carbonyl (C=O) groups is 2. The maximum absolute atomic E-state index is 11.8. The van der Waals surface area contributed by atoms with Gasteiger partial charge >= 0.3 is 12.0 Å². The highest BCUT2D eigenvalue weighted by Crippen LogP contribution is 2.10. The topological polar surface area (TPSA) is 91.3 Å². The van der Waals surface area contributed by atoms with Gasteiger partial charge in [-0.25, -0.2) is 4.79 Å². The maximum Gasteiger partial charge on any atom is 0.319 e. The van der Waals surface area contributed by atoms with Crippen molar-refractivity contribution in [1.29, 1.82) is 0 Å². The lowest BCUT2D eigenvalue weighted by atomic mass is 10.0. The van der Waals surface area contributed by atoms with Gasteiger partial charge in [0.25, 0.3) is 0 Å². The zero-order chi connectivity index (χ0) is 15.1. The Morgan fingerprint density at radius 2 is 1.86 bits per heavy atom. The van der Waals surface area contributed by atoms with Gasteiger partial charge in [0.05, 0.1) is 18.3 Å². The third-order valence-electron chi connectivity index (χ3n) is 2.82. The molecule has 0 radical (unpaired) electrons. The average molecular weight is 285 g/mol. The molecule has 0 saturated heterocycles. The van der Waals surface area contributed by atoms with E-state index in [9.17, 15) is 9.59 Å². The molecule has 2 amide bonds. The van der Waals surface area contributed by atoms with E-state index < -0.39 is 5.97 Å². The van der Waals surface area contributed by atoms with Crippen molar-refractivity contribution in [2.75, 3.05) is 5.32 Å². The second-order valence-electron chi connectivity index (χ2n) is 4.39. The molecule has 3 N–H and O–H groups in total. The Kier molecular flexibility index (Phi) is 4.87. The van der Waals surface area contributed by atoms with Crippen molar-refractivity contribution in [3.05, 3.63) is 59.9 Å². The van der Waals surface area contributed by atoms with Crippen molar-refractivity contribution >= 4 is 17.7 Å². The van der Waals surface area contributed by atoms with Gasteiger partial charge in [-0.3, -0.25) is 9.78 Å². The van der Waals surface area contributed by atoms with E-state index in [4.69, 9.17) is 5.11 Å². The van der Waals surface area contributed by atoms with Crippen LogP contribution in [0.1, 0.15) is 11.1 Å². The molecule has 2 aromatic rings. The summed E-state index contributed by atoms with van der Waals surface area (Å²) >= 11 is 0. The van der Waals surface area contributed by atoms with Crippen LogP contribution in [0.5, 0.6) is 0 Å². The highest BCUT2D eigenvalue weighted by molar-refractivity contribution is 5.88. The highest BCUT2D eigenvalue weighted by Gasteiger charge is 2.07. The molecule has 0 aliphatic carbocycles. The molecule has 0 atom stereocenters. The third kappa shape index (κ3) is 4.61. The van der Waals surface area contributed by atoms with Gasteiger partial charge in [0, 0.05) is 12.7 Å². The Bertz CT molecular complexity index is 629. The summed E-state index contributed by atoms with van der Waals surface area (Å²) in [6.07, 6.45) is 3.09. The van der Waals surface area contributed by atoms with Gasteiger partial charge in [0.15, 0.2) is 0 Å². The monoisotopic (exact) mass is 285 g/mol. The molecule has 0 aliphatic heterocycles. The predicted molar refractivity (Wildman–Crippen MR) is 77.9 cm³/mol. The van der Waals surface area contributed by atoms with Crippen molar-refractivity contribution in [1.82, 2.24) is 10.3 Å². The number of carbonyl (C=O) groups excluding carboxylic acids is 1. The van der Waals surface area contributed by atoms with E-state index in [2.05, 4.69) is 15.6 Å². The second kappa shape index (κ2) is 7.04. The Hall–Kier alpha value is -2.89. The molecule has 6 nitrogen and oxygen atoms in total. The van der Waals surface area contributed by atoms with Crippen LogP contribution in [0.15, 0.2) is 48.8 Å². The minimum Gasteiger partial charge on any atom is -0.481 e. The van der Waals surface area contributed by atoms with E-state index in [-0.39, 0.29) is 19.0 Å². The number of carboxylic acids is 1. The summed E-state index contributed by atoms with van der Waals surface area (Å²) in [6, 6.07) is 10.2. The van der Waals surface area contributed by atoms with Crippen LogP contribution in [-0.4, -0.2) is 22.1 Å². The molecule has 6 heteroatoms. The molecule has 1 aromatic heterocycles. The molecule has 2 rings (SSSR count). The molecule has 108 valence electrons. The van der Waals surface area contributed by atoms with Crippen molar-refractivity contribution in [3.8, 4) is 0 Å². The summed E-state index contributed by atoms with van der Waals surface area (Å²) in [5.41, 5.74) is 2.06. The number of urea groups is 1. The average Bonchev–Trinajstić information content (AvgIpc) is 2.47. The van der Waals surface area contributed by atoms with Crippen LogP contribution in [0.2, 0.25) is 0 Å². The first-order valence-electron chi connectivity index (χ1n) is 6.38. The molecular weight excluding hydrogens is 270 g/mol. The molecule has 1 heterocycles. The smallest absolute Gasteiger partial charge is 0.319 e. The van der Waals surface area contributed by atoms with Gasteiger partial charge in [-0.2, -0.15) is 0 Å². The lowest BCUT2D eigenvalue weighted by Gasteiger charge is -2.10. The van der Waals surface area contributed by atoms with Crippen molar-refractivity contribution in [2.24, 2.45) is 0 Å². The normalized spacial score (nSPS) is 9.90. The number of nitrogens with one attached hydrogen (secondary N) is 2. The fourth-order valence-electron chi connectivity index (χ4n) is 1.85. The Morgan fingerprint density at radius 3 is 2.52 bits per heavy atom. The van der Waals surface area contributed by atoms with Gasteiger partial charge in [-0.15, -0.1) is 0 Å². The predicted octanol–water partition coefficient (Wildman–Crippen LogP) is 2.03. The van der Waals surface area contributed by atoms with Gasteiger partial charge in [-0.05, 0) is 23.3 Å². The third-order valence-corrected chi connectivity index (χ3v) is 2.82. The van der Waals surface area contributed by atoms with Crippen LogP contribution in [0.25, 0.3) is 0 Å². The first-order valence-corrected chi connectivity index (χ1v) is 6.38. The minimum atomic E-state index is -0.901. The molecule has 21 heavy (non-hydrogen) atoms. The van der Waals surface area contributed by atoms with Gasteiger partial charge in [-0.1, -0.05) is 24.3 Å². The minimum absolute atomic E-state index is 0.0674. The second-order valence-corrected chi connectivity index (χ2v) is 4.39. The van der Waals surface area contributed by atoms with Crippen LogP contribution in [-0.2, 0) is 17.8 Å². The van der Waals surface area contributed by atoms with E-state index in [1.807, 2.05) is 0 Å². The summed E-state index contributed by atoms with van der Waals surface area (Å²) in [5.74, 6) is -0.901. The van der Waals surface area contributed by atoms with E-state index in [1.165, 1.54) is 6.20 Å². The van der Waals surface area contributed by atoms with E-state index in [0.29, 0.717) is 11.3 Å². The highest BCUT2D eigenvalue weighted by atomic mass is 16.4. The largest absolute Gasteiger partial charge is 0.481 e. The Morgan fingerprint density at radius 1 is 1.10 bits per heavy atom. The molecule has 0 spiro atoms. The quantitative estimate of drug-likeness (QED) is 0.784. The number of hydrogen-bond acceptors (Lipinski definition) is 3. The van der Waals surface area contributed by atoms with Crippen molar-refractivity contribution < 1.29 is 14.7 Å². The number of benzene rings is 1. The first kappa shape index (κ1) is 14.5. The number of rotatable bonds is 5. The maximum atomic E-state index is 11.8. The number of amides is 2. The Balaban J connectivity index is 1.93. The van der Waals surface area contributed by atoms with Crippen LogP contribution in [0.4, 0.5) is 10.5 Å². The molecule has 0 saturated carbocycles. The summed E-state index contributed by atoms with van der Waals surface area (Å²) in [6.45, 7) is 0.259. The number of aliphatic carboxylic acids is 1. The number of pyridine rings is 1. The van der Waals surface area contributed by atoms with Gasteiger partial charge in [0.2, 0.25) is 0 Å². The summed E-state index contributed by atoms with van der Waals surface area (Å²) in [7, 11) is 0. The number of carboxylic acid groups (broad SMARTS) is 1. The van der Waals surface area contributed by atoms with E-state index in [1.54, 1.807) is 42.6 Å². The molecular formula is C15H15N3O3. The molecule has 0 unspecified atom stereocenters. The summed E-state index contributed by atoms with van der Waals surface area (Å²) < 4.78 is 0. The van der Waals surface area contributed by atoms with Crippen LogP contribution in [0.3, 0.4) is 0 Å². The standard InChI is InChI=1S/C15H15N3O3/c19-14(20)8-11-4-1-2-5-12(11)9-17-15(21)18-13-6-3-7-16-10-13/h1-7,10H,8-9H2,(H,19,20)(H2,17,18,21). The van der Waals surface area contributed by atoms with Crippen molar-refractivity contribution in [2.45, 2.75) is 13.0 Å². The van der Waals surface area contributed by atoms with Gasteiger partial charge < -0.3 is 15.7 Å². The number of aromatic nitrogens is 1.